The van der Waals surface area contributed by atoms with E-state index < -0.39 is 0 Å². The molecular formula is C17H19Cl2N5O2. The Balaban J connectivity index is 1.78. The first-order valence-electron chi connectivity index (χ1n) is 8.11. The van der Waals surface area contributed by atoms with Gasteiger partial charge in [-0.15, -0.1) is 0 Å². The minimum atomic E-state index is 0.107. The summed E-state index contributed by atoms with van der Waals surface area (Å²) >= 11 is 11.9. The molecule has 9 heteroatoms. The van der Waals surface area contributed by atoms with Crippen LogP contribution in [0.4, 0.5) is 17.2 Å². The Bertz CT molecular complexity index is 810. The van der Waals surface area contributed by atoms with Crippen molar-refractivity contribution in [3.63, 3.8) is 0 Å². The molecule has 3 rings (SSSR count). The number of benzene rings is 1. The van der Waals surface area contributed by atoms with Gasteiger partial charge >= 0.3 is 0 Å². The van der Waals surface area contributed by atoms with Gasteiger partial charge in [-0.05, 0) is 23.7 Å². The van der Waals surface area contributed by atoms with E-state index in [0.717, 1.165) is 24.5 Å². The number of carbonyl (C=O) groups excluding carboxylic acids is 1. The molecule has 26 heavy (non-hydrogen) atoms. The Morgan fingerprint density at radius 1 is 1.23 bits per heavy atom. The monoisotopic (exact) mass is 395 g/mol. The third-order valence-corrected chi connectivity index (χ3v) is 4.70. The average Bonchev–Trinajstić information content (AvgIpc) is 2.65. The van der Waals surface area contributed by atoms with Gasteiger partial charge in [0.2, 0.25) is 11.2 Å². The van der Waals surface area contributed by atoms with Crippen LogP contribution >= 0.6 is 23.2 Å². The van der Waals surface area contributed by atoms with Gasteiger partial charge in [0.25, 0.3) is 0 Å². The van der Waals surface area contributed by atoms with Crippen LogP contribution in [0.25, 0.3) is 0 Å². The van der Waals surface area contributed by atoms with Gasteiger partial charge in [0, 0.05) is 44.9 Å². The van der Waals surface area contributed by atoms with Crippen LogP contribution in [0.15, 0.2) is 24.4 Å². The zero-order chi connectivity index (χ0) is 18.7. The molecule has 138 valence electrons. The highest BCUT2D eigenvalue weighted by Crippen LogP contribution is 2.33. The van der Waals surface area contributed by atoms with Crippen LogP contribution in [0.5, 0.6) is 5.75 Å². The van der Waals surface area contributed by atoms with E-state index >= 15 is 0 Å². The predicted octanol–water partition coefficient (Wildman–Crippen LogP) is 3.20. The maximum absolute atomic E-state index is 11.5. The van der Waals surface area contributed by atoms with E-state index in [1.165, 1.54) is 6.20 Å². The molecule has 0 unspecified atom stereocenters. The van der Waals surface area contributed by atoms with Gasteiger partial charge < -0.3 is 19.9 Å². The third kappa shape index (κ3) is 4.11. The lowest BCUT2D eigenvalue weighted by molar-refractivity contribution is -0.129. The number of hydrogen-bond donors (Lipinski definition) is 1. The molecule has 2 aromatic rings. The molecular weight excluding hydrogens is 377 g/mol. The fraction of sp³-hybridized carbons (Fsp3) is 0.353. The SMILES string of the molecule is COc1cc(N2CCN(C(C)=O)CC2)ccc1Nc1nc(Cl)ncc1Cl. The lowest BCUT2D eigenvalue weighted by atomic mass is 10.2. The van der Waals surface area contributed by atoms with E-state index in [9.17, 15) is 4.79 Å². The van der Waals surface area contributed by atoms with E-state index in [-0.39, 0.29) is 11.2 Å². The maximum Gasteiger partial charge on any atom is 0.224 e. The van der Waals surface area contributed by atoms with E-state index in [1.54, 1.807) is 14.0 Å². The number of ether oxygens (including phenoxy) is 1. The highest BCUT2D eigenvalue weighted by atomic mass is 35.5. The van der Waals surface area contributed by atoms with Crippen molar-refractivity contribution in [1.82, 2.24) is 14.9 Å². The molecule has 2 heterocycles. The van der Waals surface area contributed by atoms with Gasteiger partial charge in [-0.2, -0.15) is 4.98 Å². The maximum atomic E-state index is 11.5. The number of nitrogens with one attached hydrogen (secondary N) is 1. The lowest BCUT2D eigenvalue weighted by Crippen LogP contribution is -2.48. The van der Waals surface area contributed by atoms with Crippen molar-refractivity contribution >= 4 is 46.3 Å². The quantitative estimate of drug-likeness (QED) is 0.801. The second kappa shape index (κ2) is 7.97. The molecule has 0 aliphatic carbocycles. The smallest absolute Gasteiger partial charge is 0.224 e. The Kier molecular flexibility index (Phi) is 5.68. The van der Waals surface area contributed by atoms with E-state index in [4.69, 9.17) is 27.9 Å². The van der Waals surface area contributed by atoms with Gasteiger partial charge in [0.1, 0.15) is 10.8 Å². The van der Waals surface area contributed by atoms with Crippen LogP contribution in [0.3, 0.4) is 0 Å². The average molecular weight is 396 g/mol. The summed E-state index contributed by atoms with van der Waals surface area (Å²) in [4.78, 5) is 23.5. The predicted molar refractivity (Wildman–Crippen MR) is 103 cm³/mol. The number of carbonyl (C=O) groups is 1. The fourth-order valence-corrected chi connectivity index (χ4v) is 3.09. The largest absolute Gasteiger partial charge is 0.494 e. The molecule has 0 spiro atoms. The summed E-state index contributed by atoms with van der Waals surface area (Å²) in [6.07, 6.45) is 1.44. The number of hydrogen-bond acceptors (Lipinski definition) is 6. The fourth-order valence-electron chi connectivity index (χ4n) is 2.82. The number of piperazine rings is 1. The third-order valence-electron chi connectivity index (χ3n) is 4.24. The van der Waals surface area contributed by atoms with Crippen LogP contribution < -0.4 is 15.0 Å². The molecule has 1 aliphatic heterocycles. The summed E-state index contributed by atoms with van der Waals surface area (Å²) in [5, 5.41) is 3.59. The zero-order valence-corrected chi connectivity index (χ0v) is 16.0. The van der Waals surface area contributed by atoms with Crippen molar-refractivity contribution in [1.29, 1.82) is 0 Å². The van der Waals surface area contributed by atoms with Crippen molar-refractivity contribution in [3.05, 3.63) is 34.7 Å². The number of methoxy groups -OCH3 is 1. The summed E-state index contributed by atoms with van der Waals surface area (Å²) in [5.74, 6) is 1.18. The zero-order valence-electron chi connectivity index (χ0n) is 14.5. The normalized spacial score (nSPS) is 14.3. The highest BCUT2D eigenvalue weighted by molar-refractivity contribution is 6.33. The van der Waals surface area contributed by atoms with Crippen LogP contribution in [-0.4, -0.2) is 54.1 Å². The topological polar surface area (TPSA) is 70.6 Å². The summed E-state index contributed by atoms with van der Waals surface area (Å²) in [6.45, 7) is 4.59. The number of nitrogens with zero attached hydrogens (tertiary/aromatic N) is 4. The molecule has 1 saturated heterocycles. The lowest BCUT2D eigenvalue weighted by Gasteiger charge is -2.35. The van der Waals surface area contributed by atoms with Gasteiger partial charge in [-0.25, -0.2) is 4.98 Å². The molecule has 7 nitrogen and oxygen atoms in total. The van der Waals surface area contributed by atoms with Crippen molar-refractivity contribution in [2.75, 3.05) is 43.5 Å². The van der Waals surface area contributed by atoms with Crippen LogP contribution in [0, 0.1) is 0 Å². The molecule has 1 aromatic heterocycles. The summed E-state index contributed by atoms with van der Waals surface area (Å²) in [7, 11) is 1.60. The molecule has 0 saturated carbocycles. The molecule has 1 aliphatic rings. The minimum absolute atomic E-state index is 0.107. The number of anilines is 3. The summed E-state index contributed by atoms with van der Waals surface area (Å²) in [5.41, 5.74) is 1.75. The molecule has 0 bridgehead atoms. The number of amides is 1. The second-order valence-corrected chi connectivity index (χ2v) is 6.58. The Morgan fingerprint density at radius 3 is 2.62 bits per heavy atom. The van der Waals surface area contributed by atoms with Gasteiger partial charge in [-0.3, -0.25) is 4.79 Å². The highest BCUT2D eigenvalue weighted by Gasteiger charge is 2.20. The Labute approximate surface area is 161 Å². The van der Waals surface area contributed by atoms with Gasteiger partial charge in [-0.1, -0.05) is 11.6 Å². The molecule has 1 amide bonds. The van der Waals surface area contributed by atoms with Gasteiger partial charge in [0.05, 0.1) is 19.0 Å². The Hall–Kier alpha value is -2.25. The van der Waals surface area contributed by atoms with E-state index in [1.807, 2.05) is 23.1 Å². The first-order valence-corrected chi connectivity index (χ1v) is 8.87. The van der Waals surface area contributed by atoms with Gasteiger partial charge in [0.15, 0.2) is 5.82 Å². The first-order chi connectivity index (χ1) is 12.5. The Morgan fingerprint density at radius 2 is 1.96 bits per heavy atom. The van der Waals surface area contributed by atoms with Crippen LogP contribution in [0.2, 0.25) is 10.3 Å². The van der Waals surface area contributed by atoms with E-state index in [2.05, 4.69) is 20.2 Å². The summed E-state index contributed by atoms with van der Waals surface area (Å²) < 4.78 is 5.51. The van der Waals surface area contributed by atoms with Crippen molar-refractivity contribution in [3.8, 4) is 5.75 Å². The first kappa shape index (κ1) is 18.5. The number of aromatic nitrogens is 2. The minimum Gasteiger partial charge on any atom is -0.494 e. The van der Waals surface area contributed by atoms with Crippen molar-refractivity contribution in [2.24, 2.45) is 0 Å². The van der Waals surface area contributed by atoms with Crippen LogP contribution in [0.1, 0.15) is 6.92 Å². The second-order valence-electron chi connectivity index (χ2n) is 5.84. The molecule has 0 atom stereocenters. The molecule has 1 aromatic carbocycles. The number of halogens is 2. The van der Waals surface area contributed by atoms with Crippen molar-refractivity contribution in [2.45, 2.75) is 6.92 Å². The molecule has 1 fully saturated rings. The van der Waals surface area contributed by atoms with Crippen molar-refractivity contribution < 1.29 is 9.53 Å². The van der Waals surface area contributed by atoms with E-state index in [0.29, 0.717) is 29.7 Å². The van der Waals surface area contributed by atoms with Crippen LogP contribution in [-0.2, 0) is 4.79 Å². The number of rotatable bonds is 4. The summed E-state index contributed by atoms with van der Waals surface area (Å²) in [6, 6.07) is 5.84. The molecule has 1 N–H and O–H groups in total. The standard InChI is InChI=1S/C17H19Cl2N5O2/c1-11(25)23-5-7-24(8-6-23)12-3-4-14(15(9-12)26-2)21-16-13(18)10-20-17(19)22-16/h3-4,9-10H,5-8H2,1-2H3,(H,20,21,22). The molecule has 0 radical (unpaired) electrons.